The highest BCUT2D eigenvalue weighted by molar-refractivity contribution is 5.95. The maximum atomic E-state index is 15.4. The zero-order valence-corrected chi connectivity index (χ0v) is 36.2. The summed E-state index contributed by atoms with van der Waals surface area (Å²) in [6, 6.07) is 6.71. The van der Waals surface area contributed by atoms with Crippen molar-refractivity contribution in [3.63, 3.8) is 0 Å². The van der Waals surface area contributed by atoms with Gasteiger partial charge in [0.25, 0.3) is 0 Å². The van der Waals surface area contributed by atoms with Crippen molar-refractivity contribution < 1.29 is 72.5 Å². The van der Waals surface area contributed by atoms with E-state index in [1.54, 1.807) is 52.8 Å². The molecule has 4 fully saturated rings. The Kier molecular flexibility index (Phi) is 11.4. The number of aliphatic hydroxyl groups excluding tert-OH is 2. The lowest BCUT2D eigenvalue weighted by molar-refractivity contribution is -0.346. The summed E-state index contributed by atoms with van der Waals surface area (Å²) in [5, 5.41) is 40.0. The van der Waals surface area contributed by atoms with Gasteiger partial charge in [0, 0.05) is 32.1 Å². The number of fused-ring (bicyclic) bond motifs is 5. The molecule has 1 saturated heterocycles. The molecule has 16 nitrogen and oxygen atoms in total. The number of aliphatic hydroxyl groups is 3. The second kappa shape index (κ2) is 15.2. The number of ether oxygens (including phenoxy) is 6. The first-order valence-electron chi connectivity index (χ1n) is 20.4. The van der Waals surface area contributed by atoms with Gasteiger partial charge in [0.05, 0.1) is 35.6 Å². The highest BCUT2D eigenvalue weighted by atomic mass is 16.6. The van der Waals surface area contributed by atoms with Gasteiger partial charge in [0.15, 0.2) is 23.6 Å². The van der Waals surface area contributed by atoms with Gasteiger partial charge in [-0.3, -0.25) is 14.4 Å². The fourth-order valence-electron chi connectivity index (χ4n) is 10.3. The van der Waals surface area contributed by atoms with Crippen LogP contribution in [0.4, 0.5) is 4.79 Å². The molecule has 1 unspecified atom stereocenters. The summed E-state index contributed by atoms with van der Waals surface area (Å²) in [7, 11) is 0. The average Bonchev–Trinajstić information content (AvgIpc) is 3.77. The molecule has 0 aromatic heterocycles. The minimum Gasteiger partial charge on any atom is -0.456 e. The smallest absolute Gasteiger partial charge is 0.407 e. The maximum absolute atomic E-state index is 15.4. The van der Waals surface area contributed by atoms with E-state index in [0.29, 0.717) is 6.42 Å². The Morgan fingerprint density at radius 3 is 2.07 bits per heavy atom. The van der Waals surface area contributed by atoms with Gasteiger partial charge in [-0.1, -0.05) is 45.9 Å². The molecule has 16 heteroatoms. The van der Waals surface area contributed by atoms with E-state index >= 15 is 4.79 Å². The molecule has 4 N–H and O–H groups in total. The quantitative estimate of drug-likeness (QED) is 0.158. The highest BCUT2D eigenvalue weighted by Crippen LogP contribution is 2.64. The van der Waals surface area contributed by atoms with Crippen LogP contribution in [0.1, 0.15) is 106 Å². The van der Waals surface area contributed by atoms with Gasteiger partial charge in [-0.15, -0.1) is 0 Å². The second-order valence-corrected chi connectivity index (χ2v) is 19.6. The molecular formula is C44H59NO15. The molecule has 0 radical (unpaired) electrons. The van der Waals surface area contributed by atoms with Crippen LogP contribution in [0.2, 0.25) is 0 Å². The fourth-order valence-corrected chi connectivity index (χ4v) is 10.3. The first-order chi connectivity index (χ1) is 27.6. The lowest BCUT2D eigenvalue weighted by atomic mass is 9.44. The van der Waals surface area contributed by atoms with Crippen molar-refractivity contribution in [2.24, 2.45) is 28.1 Å². The molecule has 1 aromatic rings. The zero-order chi connectivity index (χ0) is 44.7. The topological polar surface area (TPSA) is 231 Å². The van der Waals surface area contributed by atoms with Gasteiger partial charge >= 0.3 is 30.0 Å². The zero-order valence-electron chi connectivity index (χ0n) is 36.2. The molecule has 1 aromatic carbocycles. The van der Waals surface area contributed by atoms with Crippen molar-refractivity contribution in [3.05, 3.63) is 47.0 Å². The molecule has 1 heterocycles. The predicted octanol–water partition coefficient (Wildman–Crippen LogP) is 3.50. The summed E-state index contributed by atoms with van der Waals surface area (Å²) in [6.45, 7) is 16.8. The summed E-state index contributed by atoms with van der Waals surface area (Å²) in [6.07, 6.45) is -10.6. The van der Waals surface area contributed by atoms with E-state index in [9.17, 15) is 39.3 Å². The van der Waals surface area contributed by atoms with E-state index in [0.717, 1.165) is 13.8 Å². The SMILES string of the molecule is CC(=O)O[C@H]1C(=O)[C@@]2(C)C([C@H](OC(=O)c3ccccc3)[C@]3(O)C[C@H](OC(=O)[C@H](O)[C@@H](NC(=O)OC(C)(C)C)[C@@H]4CC4(C)C)C(C)=C1C3(C)C)[C@]1(OC(C)=O)CO[C@@H]1C[C@@H]2O. The summed E-state index contributed by atoms with van der Waals surface area (Å²) in [5.74, 6) is -6.51. The molecule has 12 atom stereocenters. The lowest BCUT2D eigenvalue weighted by Crippen LogP contribution is -2.82. The lowest BCUT2D eigenvalue weighted by Gasteiger charge is -2.67. The van der Waals surface area contributed by atoms with Gasteiger partial charge in [-0.2, -0.15) is 0 Å². The average molecular weight is 842 g/mol. The number of carbonyl (C=O) groups is 6. The Morgan fingerprint density at radius 1 is 0.933 bits per heavy atom. The number of carbonyl (C=O) groups excluding carboxylic acids is 6. The standard InChI is InChI=1S/C44H59NO15/c1-21-26(57-37(52)31(49)30(25-18-40(25,7)8)45-38(53)60-39(4,5)6)19-44(54)35(58-36(51)24-15-13-12-14-16-24)33-42(11,27(48)17-28-43(33,20-55-28)59-23(3)47)34(50)32(56-22(2)46)29(21)41(44,9)10/h12-16,25-28,30-33,35,48-49,54H,17-20H2,1-11H3,(H,45,53)/t25-,26-,27-,28+,30-,31+,32+,33?,35-,42+,43-,44+/m0/s1. The van der Waals surface area contributed by atoms with Crippen LogP contribution in [0, 0.1) is 28.1 Å². The van der Waals surface area contributed by atoms with E-state index in [4.69, 9.17) is 28.4 Å². The van der Waals surface area contributed by atoms with Crippen molar-refractivity contribution in [1.29, 1.82) is 0 Å². The van der Waals surface area contributed by atoms with E-state index in [-0.39, 0.29) is 41.1 Å². The Bertz CT molecular complexity index is 1970. The summed E-state index contributed by atoms with van der Waals surface area (Å²) < 4.78 is 35.6. The largest absolute Gasteiger partial charge is 0.456 e. The number of esters is 4. The number of alkyl carbamates (subject to hydrolysis) is 1. The van der Waals surface area contributed by atoms with Crippen molar-refractivity contribution in [2.45, 2.75) is 155 Å². The molecule has 1 amide bonds. The van der Waals surface area contributed by atoms with Crippen LogP contribution in [-0.4, -0.2) is 117 Å². The number of hydrogen-bond donors (Lipinski definition) is 4. The first-order valence-corrected chi connectivity index (χ1v) is 20.4. The van der Waals surface area contributed by atoms with Crippen LogP contribution in [0.3, 0.4) is 0 Å². The number of amides is 1. The van der Waals surface area contributed by atoms with Crippen molar-refractivity contribution in [2.75, 3.05) is 6.61 Å². The van der Waals surface area contributed by atoms with Gasteiger partial charge in [0.2, 0.25) is 0 Å². The normalized spacial score (nSPS) is 36.0. The van der Waals surface area contributed by atoms with Crippen molar-refractivity contribution in [3.8, 4) is 0 Å². The Morgan fingerprint density at radius 2 is 1.55 bits per heavy atom. The summed E-state index contributed by atoms with van der Waals surface area (Å²) >= 11 is 0. The predicted molar refractivity (Wildman–Crippen MR) is 210 cm³/mol. The fraction of sp³-hybridized carbons (Fsp3) is 0.682. The molecule has 4 aliphatic carbocycles. The van der Waals surface area contributed by atoms with Crippen LogP contribution in [0.25, 0.3) is 0 Å². The molecule has 1 aliphatic heterocycles. The maximum Gasteiger partial charge on any atom is 0.407 e. The van der Waals surface area contributed by atoms with Crippen molar-refractivity contribution >= 4 is 35.8 Å². The van der Waals surface area contributed by atoms with E-state index in [1.807, 2.05) is 13.8 Å². The first kappa shape index (κ1) is 45.2. The van der Waals surface area contributed by atoms with Gasteiger partial charge in [-0.25, -0.2) is 14.4 Å². The Balaban J connectivity index is 1.53. The van der Waals surface area contributed by atoms with E-state index in [2.05, 4.69) is 5.32 Å². The third-order valence-electron chi connectivity index (χ3n) is 13.7. The molecule has 330 valence electrons. The number of benzene rings is 1. The number of hydrogen-bond acceptors (Lipinski definition) is 15. The number of ketones is 1. The molecular weight excluding hydrogens is 782 g/mol. The van der Waals surface area contributed by atoms with Crippen LogP contribution in [-0.2, 0) is 47.6 Å². The Hall–Kier alpha value is -4.38. The second-order valence-electron chi connectivity index (χ2n) is 19.6. The van der Waals surface area contributed by atoms with Crippen LogP contribution in [0.15, 0.2) is 41.5 Å². The number of rotatable bonds is 9. The minimum atomic E-state index is -2.37. The molecule has 5 aliphatic rings. The van der Waals surface area contributed by atoms with Gasteiger partial charge in [-0.05, 0) is 75.7 Å². The van der Waals surface area contributed by atoms with Gasteiger partial charge in [0.1, 0.15) is 29.5 Å². The van der Waals surface area contributed by atoms with Crippen LogP contribution in [0.5, 0.6) is 0 Å². The molecule has 2 bridgehead atoms. The third kappa shape index (κ3) is 7.51. The highest BCUT2D eigenvalue weighted by Gasteiger charge is 2.78. The molecule has 60 heavy (non-hydrogen) atoms. The van der Waals surface area contributed by atoms with Gasteiger partial charge < -0.3 is 49.1 Å². The molecule has 0 spiro atoms. The van der Waals surface area contributed by atoms with Crippen molar-refractivity contribution in [1.82, 2.24) is 5.32 Å². The minimum absolute atomic E-state index is 0.0108. The monoisotopic (exact) mass is 841 g/mol. The van der Waals surface area contributed by atoms with Crippen LogP contribution < -0.4 is 5.32 Å². The number of Topliss-reactive ketones (excluding diaryl/α,β-unsaturated/α-hetero) is 1. The third-order valence-corrected chi connectivity index (χ3v) is 13.7. The number of nitrogens with one attached hydrogen (secondary N) is 1. The van der Waals surface area contributed by atoms with E-state index in [1.165, 1.54) is 26.0 Å². The molecule has 3 saturated carbocycles. The Labute approximate surface area is 349 Å². The van der Waals surface area contributed by atoms with Crippen LogP contribution >= 0.6 is 0 Å². The summed E-state index contributed by atoms with van der Waals surface area (Å²) in [4.78, 5) is 82.7. The summed E-state index contributed by atoms with van der Waals surface area (Å²) in [5.41, 5.74) is -8.79. The molecule has 6 rings (SSSR count). The van der Waals surface area contributed by atoms with E-state index < -0.39 is 118 Å².